The normalized spacial score (nSPS) is 15.8. The number of hydrogen-bond acceptors (Lipinski definition) is 5. The molecule has 0 bridgehead atoms. The van der Waals surface area contributed by atoms with E-state index in [-0.39, 0.29) is 6.10 Å². The number of nitrogens with zero attached hydrogens (tertiary/aromatic N) is 2. The fourth-order valence-electron chi connectivity index (χ4n) is 2.18. The van der Waals surface area contributed by atoms with Crippen LogP contribution in [-0.4, -0.2) is 23.6 Å². The smallest absolute Gasteiger partial charge is 0.198 e. The second-order valence-corrected chi connectivity index (χ2v) is 5.96. The first-order chi connectivity index (χ1) is 8.61. The van der Waals surface area contributed by atoms with Gasteiger partial charge in [-0.15, -0.1) is 0 Å². The third-order valence-electron chi connectivity index (χ3n) is 3.38. The molecule has 4 nitrogen and oxygen atoms in total. The molecule has 5 heteroatoms. The van der Waals surface area contributed by atoms with Gasteiger partial charge in [-0.25, -0.2) is 0 Å². The van der Waals surface area contributed by atoms with Crippen molar-refractivity contribution >= 4 is 22.4 Å². The number of ether oxygens (including phenoxy) is 1. The van der Waals surface area contributed by atoms with Gasteiger partial charge < -0.3 is 15.4 Å². The summed E-state index contributed by atoms with van der Waals surface area (Å²) in [6.07, 6.45) is 4.21. The summed E-state index contributed by atoms with van der Waals surface area (Å²) < 4.78 is 10.1. The van der Waals surface area contributed by atoms with Gasteiger partial charge in [0.2, 0.25) is 0 Å². The van der Waals surface area contributed by atoms with E-state index < -0.39 is 0 Å². The zero-order valence-electron chi connectivity index (χ0n) is 11.5. The Morgan fingerprint density at radius 3 is 2.72 bits per heavy atom. The molecule has 1 aromatic heterocycles. The van der Waals surface area contributed by atoms with Crippen molar-refractivity contribution in [2.24, 2.45) is 5.92 Å². The average Bonchev–Trinajstić information content (AvgIpc) is 2.60. The van der Waals surface area contributed by atoms with E-state index in [4.69, 9.17) is 10.5 Å². The molecule has 2 rings (SSSR count). The molecule has 1 aliphatic rings. The van der Waals surface area contributed by atoms with Crippen molar-refractivity contribution in [2.45, 2.75) is 46.1 Å². The zero-order chi connectivity index (χ0) is 13.1. The lowest BCUT2D eigenvalue weighted by molar-refractivity contribution is 0.244. The number of nitrogens with two attached hydrogens (primary N) is 1. The van der Waals surface area contributed by atoms with Gasteiger partial charge in [-0.3, -0.25) is 0 Å². The lowest BCUT2D eigenvalue weighted by atomic mass is 9.85. The van der Waals surface area contributed by atoms with Crippen LogP contribution in [0.4, 0.5) is 10.8 Å². The lowest BCUT2D eigenvalue weighted by Gasteiger charge is -2.32. The number of hydrogen-bond donors (Lipinski definition) is 1. The van der Waals surface area contributed by atoms with Crippen molar-refractivity contribution in [3.63, 3.8) is 0 Å². The van der Waals surface area contributed by atoms with E-state index in [1.54, 1.807) is 0 Å². The van der Waals surface area contributed by atoms with Crippen LogP contribution in [0.1, 0.15) is 40.0 Å². The summed E-state index contributed by atoms with van der Waals surface area (Å²) in [7, 11) is 0. The van der Waals surface area contributed by atoms with Gasteiger partial charge >= 0.3 is 0 Å². The molecular weight excluding hydrogens is 246 g/mol. The molecule has 0 radical (unpaired) electrons. The summed E-state index contributed by atoms with van der Waals surface area (Å²) in [5, 5.41) is 1.09. The fraction of sp³-hybridized carbons (Fsp3) is 0.769. The maximum absolute atomic E-state index is 5.91. The molecule has 0 atom stereocenters. The molecule has 0 amide bonds. The van der Waals surface area contributed by atoms with Gasteiger partial charge in [0.15, 0.2) is 16.6 Å². The fourth-order valence-corrected chi connectivity index (χ4v) is 3.00. The predicted octanol–water partition coefficient (Wildman–Crippen LogP) is 3.14. The second-order valence-electron chi connectivity index (χ2n) is 5.20. The van der Waals surface area contributed by atoms with Crippen molar-refractivity contribution in [3.05, 3.63) is 0 Å². The quantitative estimate of drug-likeness (QED) is 0.862. The Morgan fingerprint density at radius 2 is 2.22 bits per heavy atom. The van der Waals surface area contributed by atoms with Crippen molar-refractivity contribution in [2.75, 3.05) is 23.7 Å². The molecule has 1 fully saturated rings. The molecule has 1 heterocycles. The van der Waals surface area contributed by atoms with E-state index in [1.807, 2.05) is 13.8 Å². The molecule has 18 heavy (non-hydrogen) atoms. The van der Waals surface area contributed by atoms with Gasteiger partial charge in [-0.2, -0.15) is 4.37 Å². The minimum atomic E-state index is 0.129. The molecule has 2 N–H and O–H groups in total. The Labute approximate surface area is 113 Å². The number of anilines is 2. The van der Waals surface area contributed by atoms with E-state index >= 15 is 0 Å². The first kappa shape index (κ1) is 13.5. The lowest BCUT2D eigenvalue weighted by Crippen LogP contribution is -2.32. The van der Waals surface area contributed by atoms with E-state index in [1.165, 1.54) is 30.8 Å². The minimum absolute atomic E-state index is 0.129. The highest BCUT2D eigenvalue weighted by Crippen LogP contribution is 2.40. The summed E-state index contributed by atoms with van der Waals surface area (Å²) in [4.78, 5) is 2.36. The maximum atomic E-state index is 5.91. The van der Waals surface area contributed by atoms with Crippen molar-refractivity contribution in [1.82, 2.24) is 4.37 Å². The summed E-state index contributed by atoms with van der Waals surface area (Å²) in [5.74, 6) is 2.13. The van der Waals surface area contributed by atoms with Crippen LogP contribution in [0, 0.1) is 5.92 Å². The van der Waals surface area contributed by atoms with Crippen molar-refractivity contribution in [3.8, 4) is 5.75 Å². The molecule has 0 spiro atoms. The first-order valence-electron chi connectivity index (χ1n) is 6.78. The van der Waals surface area contributed by atoms with Crippen LogP contribution >= 0.6 is 11.5 Å². The van der Waals surface area contributed by atoms with Crippen LogP contribution in [0.2, 0.25) is 0 Å². The molecular formula is C13H23N3OS. The molecule has 1 aliphatic carbocycles. The summed E-state index contributed by atoms with van der Waals surface area (Å²) in [6.45, 7) is 8.29. The Bertz CT molecular complexity index is 388. The van der Waals surface area contributed by atoms with Crippen molar-refractivity contribution in [1.29, 1.82) is 0 Å². The molecule has 0 aliphatic heterocycles. The molecule has 1 aromatic rings. The standard InChI is InChI=1S/C13H23N3OS/c1-4-16(8-10-6-5-7-10)13-11(17-9(2)3)12(14)15-18-13/h9-10H,4-8H2,1-3H3,(H2,14,15). The average molecular weight is 269 g/mol. The number of nitrogen functional groups attached to an aromatic ring is 1. The van der Waals surface area contributed by atoms with Crippen molar-refractivity contribution < 1.29 is 4.74 Å². The van der Waals surface area contributed by atoms with Gasteiger partial charge in [0.1, 0.15) is 0 Å². The van der Waals surface area contributed by atoms with Gasteiger partial charge in [0.25, 0.3) is 0 Å². The Kier molecular flexibility index (Phi) is 4.32. The summed E-state index contributed by atoms with van der Waals surface area (Å²) in [5.41, 5.74) is 5.91. The van der Waals surface area contributed by atoms with Crippen LogP contribution in [0.15, 0.2) is 0 Å². The molecule has 0 saturated heterocycles. The largest absolute Gasteiger partial charge is 0.484 e. The molecule has 102 valence electrons. The Balaban J connectivity index is 2.13. The minimum Gasteiger partial charge on any atom is -0.484 e. The number of rotatable bonds is 6. The van der Waals surface area contributed by atoms with Crippen LogP contribution in [0.5, 0.6) is 5.75 Å². The van der Waals surface area contributed by atoms with Crippen LogP contribution < -0.4 is 15.4 Å². The maximum Gasteiger partial charge on any atom is 0.198 e. The summed E-state index contributed by atoms with van der Waals surface area (Å²) >= 11 is 1.45. The third-order valence-corrected chi connectivity index (χ3v) is 4.29. The molecule has 1 saturated carbocycles. The molecule has 0 aromatic carbocycles. The van der Waals surface area contributed by atoms with E-state index in [2.05, 4.69) is 16.2 Å². The number of aromatic nitrogens is 1. The second kappa shape index (κ2) is 5.78. The van der Waals surface area contributed by atoms with E-state index in [9.17, 15) is 0 Å². The predicted molar refractivity (Wildman–Crippen MR) is 77.5 cm³/mol. The van der Waals surface area contributed by atoms with E-state index in [0.29, 0.717) is 5.82 Å². The van der Waals surface area contributed by atoms with Gasteiger partial charge in [-0.05, 0) is 51.1 Å². The summed E-state index contributed by atoms with van der Waals surface area (Å²) in [6, 6.07) is 0. The third kappa shape index (κ3) is 2.88. The monoisotopic (exact) mass is 269 g/mol. The first-order valence-corrected chi connectivity index (χ1v) is 7.55. The Hall–Kier alpha value is -0.970. The van der Waals surface area contributed by atoms with Crippen LogP contribution in [-0.2, 0) is 0 Å². The topological polar surface area (TPSA) is 51.4 Å². The molecule has 0 unspecified atom stereocenters. The van der Waals surface area contributed by atoms with E-state index in [0.717, 1.165) is 29.8 Å². The zero-order valence-corrected chi connectivity index (χ0v) is 12.3. The van der Waals surface area contributed by atoms with Crippen LogP contribution in [0.3, 0.4) is 0 Å². The highest BCUT2D eigenvalue weighted by molar-refractivity contribution is 7.11. The highest BCUT2D eigenvalue weighted by Gasteiger charge is 2.24. The van der Waals surface area contributed by atoms with Gasteiger partial charge in [0, 0.05) is 13.1 Å². The Morgan fingerprint density at radius 1 is 1.50 bits per heavy atom. The van der Waals surface area contributed by atoms with Gasteiger partial charge in [0.05, 0.1) is 6.10 Å². The highest BCUT2D eigenvalue weighted by atomic mass is 32.1. The van der Waals surface area contributed by atoms with Crippen LogP contribution in [0.25, 0.3) is 0 Å². The van der Waals surface area contributed by atoms with Gasteiger partial charge in [-0.1, -0.05) is 6.42 Å². The SMILES string of the molecule is CCN(CC1CCC1)c1snc(N)c1OC(C)C.